The van der Waals surface area contributed by atoms with Crippen LogP contribution in [0, 0.1) is 6.92 Å². The van der Waals surface area contributed by atoms with E-state index in [9.17, 15) is 0 Å². The van der Waals surface area contributed by atoms with Crippen molar-refractivity contribution in [2.45, 2.75) is 32.7 Å². The van der Waals surface area contributed by atoms with E-state index in [1.54, 1.807) is 6.20 Å². The van der Waals surface area contributed by atoms with E-state index in [-0.39, 0.29) is 6.04 Å². The average Bonchev–Trinajstić information content (AvgIpc) is 2.46. The fourth-order valence-electron chi connectivity index (χ4n) is 2.29. The number of nitrogens with two attached hydrogens (primary N) is 1. The predicted molar refractivity (Wildman–Crippen MR) is 82.4 cm³/mol. The van der Waals surface area contributed by atoms with Gasteiger partial charge in [0.2, 0.25) is 0 Å². The number of aryl methyl sites for hydroxylation is 1. The van der Waals surface area contributed by atoms with E-state index in [2.05, 4.69) is 35.2 Å². The molecule has 1 unspecified atom stereocenters. The van der Waals surface area contributed by atoms with E-state index in [1.807, 2.05) is 24.4 Å². The zero-order valence-electron chi connectivity index (χ0n) is 12.1. The summed E-state index contributed by atoms with van der Waals surface area (Å²) in [6.07, 6.45) is 5.46. The van der Waals surface area contributed by atoms with Gasteiger partial charge in [0, 0.05) is 12.4 Å². The summed E-state index contributed by atoms with van der Waals surface area (Å²) in [7, 11) is 0. The topological polar surface area (TPSA) is 63.8 Å². The number of nitrogens with one attached hydrogen (secondary N) is 1. The van der Waals surface area contributed by atoms with E-state index >= 15 is 0 Å². The Balaban J connectivity index is 2.24. The van der Waals surface area contributed by atoms with Crippen LogP contribution in [0.15, 0.2) is 36.7 Å². The van der Waals surface area contributed by atoms with E-state index in [0.29, 0.717) is 5.82 Å². The Morgan fingerprint density at radius 1 is 1.20 bits per heavy atom. The third kappa shape index (κ3) is 3.54. The van der Waals surface area contributed by atoms with E-state index in [0.717, 1.165) is 30.6 Å². The first kappa shape index (κ1) is 14.5. The van der Waals surface area contributed by atoms with Gasteiger partial charge in [0.15, 0.2) is 0 Å². The van der Waals surface area contributed by atoms with Gasteiger partial charge in [0.05, 0.1) is 11.7 Å². The summed E-state index contributed by atoms with van der Waals surface area (Å²) >= 11 is 0. The second-order valence-electron chi connectivity index (χ2n) is 4.96. The number of nitrogen functional groups attached to an aromatic ring is 1. The van der Waals surface area contributed by atoms with E-state index in [4.69, 9.17) is 5.73 Å². The number of hydrogen-bond acceptors (Lipinski definition) is 4. The van der Waals surface area contributed by atoms with Crippen molar-refractivity contribution in [1.29, 1.82) is 0 Å². The number of aromatic nitrogens is 2. The Labute approximate surface area is 120 Å². The van der Waals surface area contributed by atoms with Gasteiger partial charge in [0.25, 0.3) is 0 Å². The maximum Gasteiger partial charge on any atom is 0.126 e. The molecule has 4 nitrogen and oxygen atoms in total. The molecular formula is C16H22N4. The molecule has 0 saturated carbocycles. The molecule has 2 rings (SSSR count). The minimum Gasteiger partial charge on any atom is -0.383 e. The zero-order chi connectivity index (χ0) is 14.4. The third-order valence-corrected chi connectivity index (χ3v) is 3.37. The molecule has 0 spiro atoms. The Kier molecular flexibility index (Phi) is 5.07. The zero-order valence-corrected chi connectivity index (χ0v) is 12.1. The van der Waals surface area contributed by atoms with Gasteiger partial charge in [-0.3, -0.25) is 4.98 Å². The molecule has 2 aromatic rings. The van der Waals surface area contributed by atoms with Crippen molar-refractivity contribution in [3.63, 3.8) is 0 Å². The van der Waals surface area contributed by atoms with Crippen LogP contribution in [-0.2, 0) is 6.42 Å². The number of rotatable bonds is 6. The Hall–Kier alpha value is -1.94. The molecule has 0 radical (unpaired) electrons. The lowest BCUT2D eigenvalue weighted by molar-refractivity contribution is 0.515. The molecule has 0 fully saturated rings. The number of anilines is 1. The van der Waals surface area contributed by atoms with Gasteiger partial charge in [-0.05, 0) is 49.6 Å². The highest BCUT2D eigenvalue weighted by Crippen LogP contribution is 2.21. The molecular weight excluding hydrogens is 248 g/mol. The lowest BCUT2D eigenvalue weighted by atomic mass is 10.00. The van der Waals surface area contributed by atoms with Crippen molar-refractivity contribution < 1.29 is 0 Å². The molecule has 20 heavy (non-hydrogen) atoms. The molecule has 2 heterocycles. The van der Waals surface area contributed by atoms with Crippen molar-refractivity contribution in [2.75, 3.05) is 12.3 Å². The average molecular weight is 270 g/mol. The van der Waals surface area contributed by atoms with E-state index in [1.165, 1.54) is 5.56 Å². The minimum absolute atomic E-state index is 0.169. The van der Waals surface area contributed by atoms with Gasteiger partial charge < -0.3 is 11.1 Å². The fraction of sp³-hybridized carbons (Fsp3) is 0.375. The first-order valence-electron chi connectivity index (χ1n) is 7.06. The maximum absolute atomic E-state index is 5.95. The molecule has 0 bridgehead atoms. The third-order valence-electron chi connectivity index (χ3n) is 3.37. The molecule has 3 N–H and O–H groups in total. The number of nitrogens with zero attached hydrogens (tertiary/aromatic N) is 2. The monoisotopic (exact) mass is 270 g/mol. The summed E-state index contributed by atoms with van der Waals surface area (Å²) in [5.74, 6) is 0.601. The quantitative estimate of drug-likeness (QED) is 0.847. The molecule has 0 aliphatic rings. The van der Waals surface area contributed by atoms with Crippen LogP contribution in [0.5, 0.6) is 0 Å². The van der Waals surface area contributed by atoms with Crippen molar-refractivity contribution in [2.24, 2.45) is 0 Å². The SMILES string of the molecule is CCCNC(Cc1cccnc1N)c1ncccc1C. The van der Waals surface area contributed by atoms with Crippen LogP contribution in [-0.4, -0.2) is 16.5 Å². The molecule has 0 amide bonds. The van der Waals surface area contributed by atoms with Crippen LogP contribution >= 0.6 is 0 Å². The lowest BCUT2D eigenvalue weighted by Gasteiger charge is -2.20. The van der Waals surface area contributed by atoms with Crippen LogP contribution in [0.1, 0.15) is 36.2 Å². The Morgan fingerprint density at radius 2 is 1.95 bits per heavy atom. The molecule has 0 aliphatic carbocycles. The summed E-state index contributed by atoms with van der Waals surface area (Å²) in [5.41, 5.74) is 9.30. The van der Waals surface area contributed by atoms with Gasteiger partial charge in [-0.25, -0.2) is 4.98 Å². The second-order valence-corrected chi connectivity index (χ2v) is 4.96. The summed E-state index contributed by atoms with van der Waals surface area (Å²) in [6, 6.07) is 8.18. The van der Waals surface area contributed by atoms with Crippen molar-refractivity contribution in [1.82, 2.24) is 15.3 Å². The van der Waals surface area contributed by atoms with Gasteiger partial charge in [-0.1, -0.05) is 19.1 Å². The van der Waals surface area contributed by atoms with Crippen LogP contribution in [0.25, 0.3) is 0 Å². The highest BCUT2D eigenvalue weighted by molar-refractivity contribution is 5.39. The summed E-state index contributed by atoms with van der Waals surface area (Å²) in [5, 5.41) is 3.56. The van der Waals surface area contributed by atoms with Crippen molar-refractivity contribution >= 4 is 5.82 Å². The molecule has 2 aromatic heterocycles. The van der Waals surface area contributed by atoms with Gasteiger partial charge in [0.1, 0.15) is 5.82 Å². The fourth-order valence-corrected chi connectivity index (χ4v) is 2.29. The van der Waals surface area contributed by atoms with Crippen LogP contribution in [0.3, 0.4) is 0 Å². The Bertz CT molecular complexity index is 554. The summed E-state index contributed by atoms with van der Waals surface area (Å²) < 4.78 is 0. The van der Waals surface area contributed by atoms with Crippen LogP contribution in [0.4, 0.5) is 5.82 Å². The normalized spacial score (nSPS) is 12.3. The lowest BCUT2D eigenvalue weighted by Crippen LogP contribution is -2.26. The molecule has 0 aromatic carbocycles. The summed E-state index contributed by atoms with van der Waals surface area (Å²) in [4.78, 5) is 8.69. The molecule has 106 valence electrons. The molecule has 0 aliphatic heterocycles. The molecule has 1 atom stereocenters. The predicted octanol–water partition coefficient (Wildman–Crippen LogP) is 2.65. The maximum atomic E-state index is 5.95. The summed E-state index contributed by atoms with van der Waals surface area (Å²) in [6.45, 7) is 5.21. The van der Waals surface area contributed by atoms with Crippen molar-refractivity contribution in [3.05, 3.63) is 53.5 Å². The second kappa shape index (κ2) is 7.01. The molecule has 0 saturated heterocycles. The number of hydrogen-bond donors (Lipinski definition) is 2. The van der Waals surface area contributed by atoms with Crippen LogP contribution < -0.4 is 11.1 Å². The smallest absolute Gasteiger partial charge is 0.126 e. The van der Waals surface area contributed by atoms with Gasteiger partial charge in [-0.2, -0.15) is 0 Å². The standard InChI is InChI=1S/C16H22N4/c1-3-8-18-14(15-12(2)6-4-9-19-15)11-13-7-5-10-20-16(13)17/h4-7,9-10,14,18H,3,8,11H2,1-2H3,(H2,17,20). The highest BCUT2D eigenvalue weighted by atomic mass is 14.9. The van der Waals surface area contributed by atoms with Crippen LogP contribution in [0.2, 0.25) is 0 Å². The van der Waals surface area contributed by atoms with Crippen molar-refractivity contribution in [3.8, 4) is 0 Å². The van der Waals surface area contributed by atoms with Gasteiger partial charge >= 0.3 is 0 Å². The van der Waals surface area contributed by atoms with Gasteiger partial charge in [-0.15, -0.1) is 0 Å². The number of pyridine rings is 2. The highest BCUT2D eigenvalue weighted by Gasteiger charge is 2.16. The Morgan fingerprint density at radius 3 is 2.65 bits per heavy atom. The minimum atomic E-state index is 0.169. The first-order chi connectivity index (χ1) is 9.72. The largest absolute Gasteiger partial charge is 0.383 e. The molecule has 4 heteroatoms. The first-order valence-corrected chi connectivity index (χ1v) is 7.06. The van der Waals surface area contributed by atoms with E-state index < -0.39 is 0 Å².